The predicted molar refractivity (Wildman–Crippen MR) is 101 cm³/mol. The second kappa shape index (κ2) is 7.35. The number of rotatable bonds is 6. The average molecular weight is 398 g/mol. The zero-order valence-electron chi connectivity index (χ0n) is 15.3. The van der Waals surface area contributed by atoms with Crippen LogP contribution in [0.2, 0.25) is 0 Å². The van der Waals surface area contributed by atoms with E-state index < -0.39 is 12.2 Å². The molecule has 1 amide bonds. The summed E-state index contributed by atoms with van der Waals surface area (Å²) in [6.45, 7) is 0. The Balaban J connectivity index is 1.79. The summed E-state index contributed by atoms with van der Waals surface area (Å²) in [6.07, 6.45) is -1.17. The maximum Gasteiger partial charge on any atom is 0.295 e. The molecular weight excluding hydrogens is 382 g/mol. The van der Waals surface area contributed by atoms with Gasteiger partial charge in [0.15, 0.2) is 17.2 Å². The fourth-order valence-electron chi connectivity index (χ4n) is 2.93. The first-order chi connectivity index (χ1) is 14.0. The first-order valence-corrected chi connectivity index (χ1v) is 8.84. The summed E-state index contributed by atoms with van der Waals surface area (Å²) >= 11 is 0. The van der Waals surface area contributed by atoms with Crippen molar-refractivity contribution in [3.8, 4) is 11.8 Å². The van der Waals surface area contributed by atoms with E-state index in [1.54, 1.807) is 18.2 Å². The number of anilines is 3. The highest BCUT2D eigenvalue weighted by atomic mass is 19.3. The smallest absolute Gasteiger partial charge is 0.295 e. The van der Waals surface area contributed by atoms with Crippen LogP contribution in [0, 0.1) is 17.2 Å². The number of halogens is 2. The van der Waals surface area contributed by atoms with Crippen LogP contribution in [0.15, 0.2) is 24.3 Å². The SMILES string of the molecule is COc1c(C#N)cccc1Nc1cc(NC(=O)C2CC2)nc2[nH]c(C(F)F)nc12. The van der Waals surface area contributed by atoms with E-state index in [0.717, 1.165) is 12.8 Å². The molecule has 0 bridgehead atoms. The number of aromatic amines is 1. The lowest BCUT2D eigenvalue weighted by Gasteiger charge is -2.13. The number of nitriles is 1. The molecule has 1 fully saturated rings. The second-order valence-corrected chi connectivity index (χ2v) is 6.56. The van der Waals surface area contributed by atoms with Gasteiger partial charge in [0.05, 0.1) is 24.0 Å². The normalized spacial score (nSPS) is 13.3. The van der Waals surface area contributed by atoms with Crippen molar-refractivity contribution in [2.75, 3.05) is 17.7 Å². The summed E-state index contributed by atoms with van der Waals surface area (Å²) in [5, 5.41) is 15.0. The maximum atomic E-state index is 13.1. The van der Waals surface area contributed by atoms with Gasteiger partial charge in [-0.15, -0.1) is 0 Å². The summed E-state index contributed by atoms with van der Waals surface area (Å²) < 4.78 is 31.6. The maximum absolute atomic E-state index is 13.1. The summed E-state index contributed by atoms with van der Waals surface area (Å²) in [5.41, 5.74) is 1.36. The van der Waals surface area contributed by atoms with Gasteiger partial charge in [-0.05, 0) is 25.0 Å². The number of carbonyl (C=O) groups is 1. The number of hydrogen-bond donors (Lipinski definition) is 3. The molecule has 0 aliphatic heterocycles. The lowest BCUT2D eigenvalue weighted by Crippen LogP contribution is -2.14. The van der Waals surface area contributed by atoms with E-state index in [-0.39, 0.29) is 28.8 Å². The molecule has 0 atom stereocenters. The first-order valence-electron chi connectivity index (χ1n) is 8.84. The third kappa shape index (κ3) is 3.67. The molecule has 0 saturated heterocycles. The van der Waals surface area contributed by atoms with E-state index in [1.807, 2.05) is 6.07 Å². The minimum Gasteiger partial charge on any atom is -0.493 e. The molecular formula is C19H16F2N6O2. The Bertz CT molecular complexity index is 1130. The molecule has 1 saturated carbocycles. The molecule has 3 aromatic rings. The van der Waals surface area contributed by atoms with E-state index >= 15 is 0 Å². The molecule has 0 radical (unpaired) electrons. The molecule has 8 nitrogen and oxygen atoms in total. The topological polar surface area (TPSA) is 116 Å². The predicted octanol–water partition coefficient (Wildman–Crippen LogP) is 3.87. The van der Waals surface area contributed by atoms with Crippen LogP contribution in [0.3, 0.4) is 0 Å². The minimum absolute atomic E-state index is 0.0466. The average Bonchev–Trinajstić information content (AvgIpc) is 3.46. The van der Waals surface area contributed by atoms with Crippen molar-refractivity contribution in [1.82, 2.24) is 15.0 Å². The Kier molecular flexibility index (Phi) is 4.72. The number of ether oxygens (including phenoxy) is 1. The molecule has 0 spiro atoms. The van der Waals surface area contributed by atoms with Crippen LogP contribution in [0.4, 0.5) is 26.0 Å². The number of H-pyrrole nitrogens is 1. The van der Waals surface area contributed by atoms with Gasteiger partial charge in [-0.3, -0.25) is 4.79 Å². The van der Waals surface area contributed by atoms with Gasteiger partial charge in [0.2, 0.25) is 5.91 Å². The van der Waals surface area contributed by atoms with Crippen LogP contribution in [-0.2, 0) is 4.79 Å². The largest absolute Gasteiger partial charge is 0.493 e. The van der Waals surface area contributed by atoms with Gasteiger partial charge < -0.3 is 20.4 Å². The zero-order chi connectivity index (χ0) is 20.5. The molecule has 4 rings (SSSR count). The van der Waals surface area contributed by atoms with Gasteiger partial charge in [0.25, 0.3) is 6.43 Å². The molecule has 1 aliphatic rings. The van der Waals surface area contributed by atoms with Crippen molar-refractivity contribution in [2.45, 2.75) is 19.3 Å². The lowest BCUT2D eigenvalue weighted by molar-refractivity contribution is -0.117. The number of fused-ring (bicyclic) bond motifs is 1. The van der Waals surface area contributed by atoms with Crippen molar-refractivity contribution in [1.29, 1.82) is 5.26 Å². The number of aromatic nitrogens is 3. The number of para-hydroxylation sites is 1. The van der Waals surface area contributed by atoms with Crippen molar-refractivity contribution in [3.05, 3.63) is 35.7 Å². The number of nitrogens with zero attached hydrogens (tertiary/aromatic N) is 3. The number of pyridine rings is 1. The van der Waals surface area contributed by atoms with Crippen LogP contribution in [-0.4, -0.2) is 28.0 Å². The molecule has 10 heteroatoms. The number of carbonyl (C=O) groups excluding carboxylic acids is 1. The highest BCUT2D eigenvalue weighted by Gasteiger charge is 2.30. The summed E-state index contributed by atoms with van der Waals surface area (Å²) in [6, 6.07) is 8.47. The third-order valence-electron chi connectivity index (χ3n) is 4.49. The molecule has 1 aliphatic carbocycles. The van der Waals surface area contributed by atoms with Gasteiger partial charge in [0, 0.05) is 12.0 Å². The minimum atomic E-state index is -2.81. The van der Waals surface area contributed by atoms with Gasteiger partial charge in [0.1, 0.15) is 17.4 Å². The molecule has 148 valence electrons. The molecule has 2 heterocycles. The second-order valence-electron chi connectivity index (χ2n) is 6.56. The lowest BCUT2D eigenvalue weighted by atomic mass is 10.2. The van der Waals surface area contributed by atoms with Crippen LogP contribution >= 0.6 is 0 Å². The van der Waals surface area contributed by atoms with E-state index in [2.05, 4.69) is 25.6 Å². The molecule has 2 aromatic heterocycles. The number of alkyl halides is 2. The van der Waals surface area contributed by atoms with Crippen molar-refractivity contribution in [2.24, 2.45) is 5.92 Å². The number of benzene rings is 1. The summed E-state index contributed by atoms with van der Waals surface area (Å²) in [5.74, 6) is -0.237. The van der Waals surface area contributed by atoms with E-state index in [4.69, 9.17) is 4.74 Å². The van der Waals surface area contributed by atoms with Crippen LogP contribution in [0.1, 0.15) is 30.7 Å². The number of imidazole rings is 1. The molecule has 3 N–H and O–H groups in total. The van der Waals surface area contributed by atoms with Gasteiger partial charge in [-0.2, -0.15) is 5.26 Å². The number of hydrogen-bond acceptors (Lipinski definition) is 6. The molecule has 29 heavy (non-hydrogen) atoms. The Hall–Kier alpha value is -3.74. The molecule has 0 unspecified atom stereocenters. The van der Waals surface area contributed by atoms with E-state index in [0.29, 0.717) is 22.7 Å². The van der Waals surface area contributed by atoms with Crippen LogP contribution < -0.4 is 15.4 Å². The zero-order valence-corrected chi connectivity index (χ0v) is 15.3. The van der Waals surface area contributed by atoms with Crippen LogP contribution in [0.25, 0.3) is 11.2 Å². The van der Waals surface area contributed by atoms with Crippen LogP contribution in [0.5, 0.6) is 5.75 Å². The van der Waals surface area contributed by atoms with E-state index in [9.17, 15) is 18.8 Å². The Morgan fingerprint density at radius 2 is 2.14 bits per heavy atom. The van der Waals surface area contributed by atoms with Crippen molar-refractivity contribution in [3.63, 3.8) is 0 Å². The standard InChI is InChI=1S/C19H16F2N6O2/c1-29-15-10(8-22)3-2-4-11(15)23-12-7-13(25-19(28)9-5-6-9)24-17-14(12)26-18(27-17)16(20)21/h2-4,7,9,16H,5-6H2,1H3,(H3,23,24,25,26,27,28). The van der Waals surface area contributed by atoms with Crippen molar-refractivity contribution < 1.29 is 18.3 Å². The molecule has 1 aromatic carbocycles. The number of amides is 1. The highest BCUT2D eigenvalue weighted by molar-refractivity contribution is 5.97. The van der Waals surface area contributed by atoms with E-state index in [1.165, 1.54) is 13.2 Å². The van der Waals surface area contributed by atoms with Gasteiger partial charge in [-0.25, -0.2) is 18.7 Å². The fourth-order valence-corrected chi connectivity index (χ4v) is 2.93. The Morgan fingerprint density at radius 1 is 1.34 bits per heavy atom. The monoisotopic (exact) mass is 398 g/mol. The summed E-state index contributed by atoms with van der Waals surface area (Å²) in [4.78, 5) is 22.7. The highest BCUT2D eigenvalue weighted by Crippen LogP contribution is 2.35. The van der Waals surface area contributed by atoms with Gasteiger partial charge in [-0.1, -0.05) is 6.07 Å². The number of methoxy groups -OCH3 is 1. The fraction of sp³-hybridized carbons (Fsp3) is 0.263. The quantitative estimate of drug-likeness (QED) is 0.581. The first kappa shape index (κ1) is 18.6. The Labute approximate surface area is 163 Å². The number of nitrogens with one attached hydrogen (secondary N) is 3. The Morgan fingerprint density at radius 3 is 2.79 bits per heavy atom. The van der Waals surface area contributed by atoms with Crippen molar-refractivity contribution >= 4 is 34.3 Å². The summed E-state index contributed by atoms with van der Waals surface area (Å²) in [7, 11) is 1.42. The van der Waals surface area contributed by atoms with Gasteiger partial charge >= 0.3 is 0 Å². The third-order valence-corrected chi connectivity index (χ3v) is 4.49.